The monoisotopic (exact) mass is 305 g/mol. The molecular weight excluding hydrogens is 296 g/mol. The van der Waals surface area contributed by atoms with Crippen molar-refractivity contribution < 1.29 is 8.78 Å². The molecule has 3 aromatic rings. The number of nitrogens with zero attached hydrogens (tertiary/aromatic N) is 3. The largest absolute Gasteiger partial charge is 0.233 e. The lowest BCUT2D eigenvalue weighted by atomic mass is 10.1. The van der Waals surface area contributed by atoms with Gasteiger partial charge in [-0.15, -0.1) is 0 Å². The fraction of sp³-hybridized carbons (Fsp3) is 0.133. The van der Waals surface area contributed by atoms with E-state index < -0.39 is 11.6 Å². The van der Waals surface area contributed by atoms with E-state index in [1.807, 2.05) is 19.9 Å². The van der Waals surface area contributed by atoms with Crippen LogP contribution >= 0.6 is 11.6 Å². The molecule has 2 heterocycles. The predicted molar refractivity (Wildman–Crippen MR) is 77.2 cm³/mol. The van der Waals surface area contributed by atoms with Crippen LogP contribution in [0.3, 0.4) is 0 Å². The molecule has 0 bridgehead atoms. The summed E-state index contributed by atoms with van der Waals surface area (Å²) in [5, 5.41) is 0.546. The second-order valence-electron chi connectivity index (χ2n) is 4.73. The highest BCUT2D eigenvalue weighted by atomic mass is 35.5. The summed E-state index contributed by atoms with van der Waals surface area (Å²) in [6.07, 6.45) is 0. The topological polar surface area (TPSA) is 38.7 Å². The molecule has 0 aliphatic carbocycles. The Labute approximate surface area is 124 Å². The zero-order chi connectivity index (χ0) is 15.1. The number of pyridine rings is 1. The number of hydrogen-bond acceptors (Lipinski definition) is 3. The third kappa shape index (κ3) is 2.45. The smallest absolute Gasteiger partial charge is 0.225 e. The second kappa shape index (κ2) is 5.00. The molecule has 106 valence electrons. The Morgan fingerprint density at radius 3 is 2.48 bits per heavy atom. The zero-order valence-corrected chi connectivity index (χ0v) is 12.0. The Morgan fingerprint density at radius 2 is 1.76 bits per heavy atom. The highest BCUT2D eigenvalue weighted by Crippen LogP contribution is 2.29. The molecule has 0 fully saturated rings. The highest BCUT2D eigenvalue weighted by Gasteiger charge is 2.15. The summed E-state index contributed by atoms with van der Waals surface area (Å²) in [4.78, 5) is 12.5. The van der Waals surface area contributed by atoms with Crippen molar-refractivity contribution >= 4 is 22.6 Å². The molecule has 0 N–H and O–H groups in total. The van der Waals surface area contributed by atoms with Gasteiger partial charge < -0.3 is 0 Å². The SMILES string of the molecule is Cc1cc2c(-c3ccc(F)cc3F)nc(Cl)nc2nc1C. The first-order valence-corrected chi connectivity index (χ1v) is 6.60. The summed E-state index contributed by atoms with van der Waals surface area (Å²) in [5.41, 5.74) is 2.59. The van der Waals surface area contributed by atoms with Crippen molar-refractivity contribution in [2.75, 3.05) is 0 Å². The third-order valence-electron chi connectivity index (χ3n) is 3.29. The Balaban J connectivity index is 2.38. The third-order valence-corrected chi connectivity index (χ3v) is 3.46. The Bertz CT molecular complexity index is 865. The van der Waals surface area contributed by atoms with Crippen molar-refractivity contribution in [2.24, 2.45) is 0 Å². The van der Waals surface area contributed by atoms with Crippen molar-refractivity contribution in [3.05, 3.63) is 52.4 Å². The van der Waals surface area contributed by atoms with Crippen molar-refractivity contribution in [3.8, 4) is 11.3 Å². The van der Waals surface area contributed by atoms with Crippen LogP contribution in [0.2, 0.25) is 5.28 Å². The van der Waals surface area contributed by atoms with E-state index in [1.165, 1.54) is 12.1 Å². The lowest BCUT2D eigenvalue weighted by Gasteiger charge is -2.09. The molecule has 0 aliphatic heterocycles. The molecule has 2 aromatic heterocycles. The molecule has 0 spiro atoms. The van der Waals surface area contributed by atoms with E-state index in [2.05, 4.69) is 15.0 Å². The summed E-state index contributed by atoms with van der Waals surface area (Å²) in [6.45, 7) is 3.74. The van der Waals surface area contributed by atoms with Crippen molar-refractivity contribution in [1.29, 1.82) is 0 Å². The van der Waals surface area contributed by atoms with Crippen molar-refractivity contribution in [3.63, 3.8) is 0 Å². The molecule has 0 atom stereocenters. The van der Waals surface area contributed by atoms with Crippen LogP contribution in [0.1, 0.15) is 11.3 Å². The van der Waals surface area contributed by atoms with Gasteiger partial charge in [0, 0.05) is 22.7 Å². The van der Waals surface area contributed by atoms with Crippen LogP contribution in [-0.4, -0.2) is 15.0 Å². The molecule has 0 saturated heterocycles. The number of hydrogen-bond donors (Lipinski definition) is 0. The number of rotatable bonds is 1. The quantitative estimate of drug-likeness (QED) is 0.631. The van der Waals surface area contributed by atoms with Gasteiger partial charge in [-0.2, -0.15) is 4.98 Å². The number of benzene rings is 1. The number of aryl methyl sites for hydroxylation is 2. The van der Waals surface area contributed by atoms with Crippen LogP contribution in [-0.2, 0) is 0 Å². The van der Waals surface area contributed by atoms with Crippen LogP contribution in [0.5, 0.6) is 0 Å². The maximum atomic E-state index is 14.0. The Morgan fingerprint density at radius 1 is 1.00 bits per heavy atom. The van der Waals surface area contributed by atoms with Gasteiger partial charge in [-0.25, -0.2) is 18.7 Å². The van der Waals surface area contributed by atoms with Gasteiger partial charge >= 0.3 is 0 Å². The minimum atomic E-state index is -0.704. The van der Waals surface area contributed by atoms with E-state index in [4.69, 9.17) is 11.6 Å². The van der Waals surface area contributed by atoms with Crippen LogP contribution in [0.25, 0.3) is 22.3 Å². The van der Waals surface area contributed by atoms with E-state index in [1.54, 1.807) is 0 Å². The first kappa shape index (κ1) is 13.8. The van der Waals surface area contributed by atoms with Gasteiger partial charge in [0.1, 0.15) is 11.6 Å². The molecule has 3 rings (SSSR count). The lowest BCUT2D eigenvalue weighted by Crippen LogP contribution is -1.98. The van der Waals surface area contributed by atoms with Crippen molar-refractivity contribution in [1.82, 2.24) is 15.0 Å². The van der Waals surface area contributed by atoms with E-state index in [0.717, 1.165) is 17.3 Å². The normalized spacial score (nSPS) is 11.1. The van der Waals surface area contributed by atoms with E-state index >= 15 is 0 Å². The fourth-order valence-corrected chi connectivity index (χ4v) is 2.27. The van der Waals surface area contributed by atoms with Crippen LogP contribution in [0.15, 0.2) is 24.3 Å². The van der Waals surface area contributed by atoms with Gasteiger partial charge in [-0.1, -0.05) is 0 Å². The molecular formula is C15H10ClF2N3. The molecule has 1 aromatic carbocycles. The van der Waals surface area contributed by atoms with Crippen molar-refractivity contribution in [2.45, 2.75) is 13.8 Å². The molecule has 3 nitrogen and oxygen atoms in total. The van der Waals surface area contributed by atoms with Gasteiger partial charge in [0.15, 0.2) is 5.65 Å². The van der Waals surface area contributed by atoms with E-state index in [0.29, 0.717) is 16.7 Å². The average molecular weight is 306 g/mol. The minimum absolute atomic E-state index is 0.0306. The van der Waals surface area contributed by atoms with Gasteiger partial charge in [0.05, 0.1) is 5.69 Å². The van der Waals surface area contributed by atoms with Gasteiger partial charge in [0.2, 0.25) is 5.28 Å². The maximum Gasteiger partial charge on any atom is 0.225 e. The Hall–Kier alpha value is -2.14. The van der Waals surface area contributed by atoms with Crippen LogP contribution in [0.4, 0.5) is 8.78 Å². The van der Waals surface area contributed by atoms with Gasteiger partial charge in [-0.3, -0.25) is 0 Å². The molecule has 0 amide bonds. The van der Waals surface area contributed by atoms with Gasteiger partial charge in [0.25, 0.3) is 0 Å². The molecule has 0 radical (unpaired) electrons. The van der Waals surface area contributed by atoms with Gasteiger partial charge in [-0.05, 0) is 49.2 Å². The average Bonchev–Trinajstić information content (AvgIpc) is 2.40. The standard InChI is InChI=1S/C15H10ClF2N3/c1-7-5-11-13(10-4-3-9(17)6-12(10)18)20-15(16)21-14(11)19-8(7)2/h3-6H,1-2H3. The van der Waals surface area contributed by atoms with Crippen LogP contribution < -0.4 is 0 Å². The fourth-order valence-electron chi connectivity index (χ4n) is 2.10. The number of fused-ring (bicyclic) bond motifs is 1. The first-order valence-electron chi connectivity index (χ1n) is 6.22. The highest BCUT2D eigenvalue weighted by molar-refractivity contribution is 6.28. The Kier molecular flexibility index (Phi) is 3.29. The maximum absolute atomic E-state index is 14.0. The van der Waals surface area contributed by atoms with E-state index in [-0.39, 0.29) is 10.8 Å². The summed E-state index contributed by atoms with van der Waals surface area (Å²) in [6, 6.07) is 5.14. The summed E-state index contributed by atoms with van der Waals surface area (Å²) >= 11 is 5.89. The number of halogens is 3. The lowest BCUT2D eigenvalue weighted by molar-refractivity contribution is 0.585. The molecule has 6 heteroatoms. The molecule has 0 aliphatic rings. The first-order chi connectivity index (χ1) is 9.95. The molecule has 21 heavy (non-hydrogen) atoms. The summed E-state index contributed by atoms with van der Waals surface area (Å²) in [7, 11) is 0. The second-order valence-corrected chi connectivity index (χ2v) is 5.07. The predicted octanol–water partition coefficient (Wildman–Crippen LogP) is 4.24. The summed E-state index contributed by atoms with van der Waals surface area (Å²) in [5.74, 6) is -1.35. The molecule has 0 saturated carbocycles. The minimum Gasteiger partial charge on any atom is -0.233 e. The summed E-state index contributed by atoms with van der Waals surface area (Å²) < 4.78 is 27.1. The zero-order valence-electron chi connectivity index (χ0n) is 11.3. The number of aromatic nitrogens is 3. The van der Waals surface area contributed by atoms with Crippen LogP contribution in [0, 0.1) is 25.5 Å². The molecule has 0 unspecified atom stereocenters. The van der Waals surface area contributed by atoms with E-state index in [9.17, 15) is 8.78 Å².